The predicted molar refractivity (Wildman–Crippen MR) is 190 cm³/mol. The van der Waals surface area contributed by atoms with E-state index in [0.717, 1.165) is 39.8 Å². The van der Waals surface area contributed by atoms with E-state index in [1.165, 1.54) is 0 Å². The van der Waals surface area contributed by atoms with Crippen molar-refractivity contribution >= 4 is 39.9 Å². The molecule has 3 heterocycles. The van der Waals surface area contributed by atoms with Gasteiger partial charge in [0.15, 0.2) is 0 Å². The Bertz CT molecular complexity index is 2030. The van der Waals surface area contributed by atoms with Crippen LogP contribution in [-0.4, -0.2) is 49.8 Å². The minimum absolute atomic E-state index is 0.212. The molecule has 244 valence electrons. The van der Waals surface area contributed by atoms with E-state index in [9.17, 15) is 4.79 Å². The summed E-state index contributed by atoms with van der Waals surface area (Å²) in [7, 11) is 4.07. The molecule has 0 radical (unpaired) electrons. The summed E-state index contributed by atoms with van der Waals surface area (Å²) >= 11 is 0. The van der Waals surface area contributed by atoms with E-state index < -0.39 is 0 Å². The lowest BCUT2D eigenvalue weighted by atomic mass is 9.92. The second kappa shape index (κ2) is 13.9. The average molecular weight is 642 g/mol. The number of benzene rings is 3. The summed E-state index contributed by atoms with van der Waals surface area (Å²) in [4.78, 5) is 28.3. The third kappa shape index (κ3) is 7.76. The fraction of sp³-hybridized carbons (Fsp3) is 0.216. The number of ether oxygens (including phenoxy) is 1. The number of rotatable bonds is 10. The number of carbonyl (C=O) groups is 1. The van der Waals surface area contributed by atoms with Crippen LogP contribution >= 0.6 is 0 Å². The quantitative estimate of drug-likeness (QED) is 0.140. The Hall–Kier alpha value is -5.81. The van der Waals surface area contributed by atoms with E-state index in [1.807, 2.05) is 80.8 Å². The zero-order chi connectivity index (χ0) is 33.7. The molecule has 2 amide bonds. The van der Waals surface area contributed by atoms with Crippen molar-refractivity contribution in [1.82, 2.24) is 29.6 Å². The van der Waals surface area contributed by atoms with Crippen LogP contribution in [0.3, 0.4) is 0 Å². The van der Waals surface area contributed by atoms with Gasteiger partial charge in [-0.3, -0.25) is 10.3 Å². The molecule has 0 fully saturated rings. The minimum Gasteiger partial charge on any atom is -0.488 e. The minimum atomic E-state index is -0.375. The van der Waals surface area contributed by atoms with E-state index in [4.69, 9.17) is 9.84 Å². The second-order valence-electron chi connectivity index (χ2n) is 12.8. The van der Waals surface area contributed by atoms with Crippen LogP contribution in [0.4, 0.5) is 27.9 Å². The van der Waals surface area contributed by atoms with Gasteiger partial charge in [0.2, 0.25) is 0 Å². The van der Waals surface area contributed by atoms with Gasteiger partial charge in [-0.2, -0.15) is 5.10 Å². The highest BCUT2D eigenvalue weighted by molar-refractivity contribution is 6.07. The number of nitrogens with zero attached hydrogens (tertiary/aromatic N) is 6. The summed E-state index contributed by atoms with van der Waals surface area (Å²) in [6.07, 6.45) is 6.59. The lowest BCUT2D eigenvalue weighted by molar-refractivity contribution is 0.262. The predicted octanol–water partition coefficient (Wildman–Crippen LogP) is 7.54. The van der Waals surface area contributed by atoms with Gasteiger partial charge in [0, 0.05) is 47.4 Å². The van der Waals surface area contributed by atoms with E-state index in [0.29, 0.717) is 35.5 Å². The summed E-state index contributed by atoms with van der Waals surface area (Å²) in [6.45, 7) is 7.43. The van der Waals surface area contributed by atoms with Crippen molar-refractivity contribution in [2.45, 2.75) is 39.3 Å². The molecule has 3 N–H and O–H groups in total. The molecule has 3 aromatic carbocycles. The van der Waals surface area contributed by atoms with Gasteiger partial charge in [-0.1, -0.05) is 57.2 Å². The number of hydrogen-bond acceptors (Lipinski definition) is 8. The zero-order valence-electron chi connectivity index (χ0n) is 27.7. The smallest absolute Gasteiger partial charge is 0.324 e. The highest BCUT2D eigenvalue weighted by Gasteiger charge is 2.22. The third-order valence-corrected chi connectivity index (χ3v) is 7.54. The van der Waals surface area contributed by atoms with Crippen molar-refractivity contribution in [2.75, 3.05) is 30.0 Å². The molecule has 6 aromatic rings. The summed E-state index contributed by atoms with van der Waals surface area (Å²) in [6, 6.07) is 25.1. The Kier molecular flexibility index (Phi) is 9.31. The fourth-order valence-electron chi connectivity index (χ4n) is 5.25. The normalized spacial score (nSPS) is 11.5. The SMILES string of the molecule is CN(C)Cc1cccc(-n2nc(C(C)(C)C)cc2NC(=O)Nc2ccc(OCc3ccnc(Nc4cnccn4)c3)c3ccccc23)c1. The molecule has 0 aliphatic heterocycles. The molecule has 0 unspecified atom stereocenters. The van der Waals surface area contributed by atoms with Crippen LogP contribution < -0.4 is 20.7 Å². The number of amides is 2. The standard InChI is InChI=1S/C37H39N9O2/c1-37(2,3)32-21-35(46(44-32)27-10-8-9-25(19-27)23-45(4)5)43-36(47)41-30-13-14-31(29-12-7-6-11-28(29)30)48-24-26-15-16-39-33(20-26)42-34-22-38-17-18-40-34/h6-22H,23-24H2,1-5H3,(H,39,40,42)(H2,41,43,47). The lowest BCUT2D eigenvalue weighted by Gasteiger charge is -2.15. The van der Waals surface area contributed by atoms with Crippen molar-refractivity contribution in [3.63, 3.8) is 0 Å². The molecular formula is C37H39N9O2. The van der Waals surface area contributed by atoms with Crippen LogP contribution in [0.5, 0.6) is 5.75 Å². The molecule has 0 bridgehead atoms. The van der Waals surface area contributed by atoms with Crippen molar-refractivity contribution in [1.29, 1.82) is 0 Å². The summed E-state index contributed by atoms with van der Waals surface area (Å²) in [5, 5.41) is 15.9. The molecule has 0 saturated carbocycles. The van der Waals surface area contributed by atoms with Crippen LogP contribution in [0, 0.1) is 0 Å². The van der Waals surface area contributed by atoms with Gasteiger partial charge in [0.1, 0.15) is 29.8 Å². The van der Waals surface area contributed by atoms with E-state index >= 15 is 0 Å². The topological polar surface area (TPSA) is 122 Å². The molecule has 0 atom stereocenters. The summed E-state index contributed by atoms with van der Waals surface area (Å²) in [5.41, 5.74) is 4.27. The average Bonchev–Trinajstić information content (AvgIpc) is 3.49. The Labute approximate surface area is 280 Å². The van der Waals surface area contributed by atoms with Crippen LogP contribution in [0.1, 0.15) is 37.6 Å². The first-order chi connectivity index (χ1) is 23.1. The van der Waals surface area contributed by atoms with Crippen molar-refractivity contribution in [3.05, 3.63) is 120 Å². The molecule has 0 aliphatic rings. The van der Waals surface area contributed by atoms with E-state index in [1.54, 1.807) is 29.5 Å². The summed E-state index contributed by atoms with van der Waals surface area (Å²) in [5.74, 6) is 2.52. The fourth-order valence-corrected chi connectivity index (χ4v) is 5.25. The van der Waals surface area contributed by atoms with Gasteiger partial charge < -0.3 is 20.3 Å². The molecule has 0 aliphatic carbocycles. The van der Waals surface area contributed by atoms with Crippen LogP contribution in [-0.2, 0) is 18.6 Å². The third-order valence-electron chi connectivity index (χ3n) is 7.54. The van der Waals surface area contributed by atoms with Gasteiger partial charge >= 0.3 is 6.03 Å². The number of anilines is 4. The van der Waals surface area contributed by atoms with Gasteiger partial charge in [-0.25, -0.2) is 19.4 Å². The zero-order valence-corrected chi connectivity index (χ0v) is 27.7. The lowest BCUT2D eigenvalue weighted by Crippen LogP contribution is -2.21. The molecule has 0 spiro atoms. The number of carbonyl (C=O) groups excluding carboxylic acids is 1. The monoisotopic (exact) mass is 641 g/mol. The van der Waals surface area contributed by atoms with Crippen LogP contribution in [0.15, 0.2) is 104 Å². The Balaban J connectivity index is 1.20. The van der Waals surface area contributed by atoms with Gasteiger partial charge in [0.05, 0.1) is 23.3 Å². The highest BCUT2D eigenvalue weighted by Crippen LogP contribution is 2.33. The highest BCUT2D eigenvalue weighted by atomic mass is 16.5. The maximum absolute atomic E-state index is 13.5. The second-order valence-corrected chi connectivity index (χ2v) is 12.8. The molecule has 11 heteroatoms. The molecule has 48 heavy (non-hydrogen) atoms. The van der Waals surface area contributed by atoms with E-state index in [2.05, 4.69) is 68.7 Å². The number of pyridine rings is 1. The Morgan fingerprint density at radius 2 is 1.65 bits per heavy atom. The maximum Gasteiger partial charge on any atom is 0.324 e. The maximum atomic E-state index is 13.5. The number of aromatic nitrogens is 5. The molecular weight excluding hydrogens is 602 g/mol. The van der Waals surface area contributed by atoms with Crippen molar-refractivity contribution in [2.24, 2.45) is 0 Å². The summed E-state index contributed by atoms with van der Waals surface area (Å²) < 4.78 is 8.07. The first kappa shape index (κ1) is 32.1. The van der Waals surface area contributed by atoms with Gasteiger partial charge in [0.25, 0.3) is 0 Å². The van der Waals surface area contributed by atoms with Gasteiger partial charge in [-0.15, -0.1) is 0 Å². The van der Waals surface area contributed by atoms with Crippen LogP contribution in [0.25, 0.3) is 16.5 Å². The Morgan fingerprint density at radius 3 is 2.42 bits per heavy atom. The van der Waals surface area contributed by atoms with Gasteiger partial charge in [-0.05, 0) is 61.6 Å². The number of nitrogens with one attached hydrogen (secondary N) is 3. The largest absolute Gasteiger partial charge is 0.488 e. The molecule has 0 saturated heterocycles. The first-order valence-corrected chi connectivity index (χ1v) is 15.7. The van der Waals surface area contributed by atoms with Crippen molar-refractivity contribution in [3.8, 4) is 11.4 Å². The van der Waals surface area contributed by atoms with Crippen molar-refractivity contribution < 1.29 is 9.53 Å². The number of fused-ring (bicyclic) bond motifs is 1. The number of urea groups is 1. The molecule has 6 rings (SSSR count). The molecule has 11 nitrogen and oxygen atoms in total. The molecule has 3 aromatic heterocycles. The number of hydrogen-bond donors (Lipinski definition) is 3. The Morgan fingerprint density at radius 1 is 0.833 bits per heavy atom. The van der Waals surface area contributed by atoms with Crippen LogP contribution in [0.2, 0.25) is 0 Å². The van der Waals surface area contributed by atoms with E-state index in [-0.39, 0.29) is 11.4 Å². The first-order valence-electron chi connectivity index (χ1n) is 15.7.